The molecular weight excluding hydrogens is 227 g/mol. The summed E-state index contributed by atoms with van der Waals surface area (Å²) in [5.41, 5.74) is -5.16. The normalized spacial score (nSPS) is 21.8. The molecule has 1 saturated heterocycles. The first-order valence-corrected chi connectivity index (χ1v) is 6.09. The van der Waals surface area contributed by atoms with Gasteiger partial charge in [-0.3, -0.25) is 0 Å². The van der Waals surface area contributed by atoms with Gasteiger partial charge in [-0.2, -0.15) is 29.2 Å². The zero-order valence-corrected chi connectivity index (χ0v) is 8.18. The highest BCUT2D eigenvalue weighted by molar-refractivity contribution is 7.99. The van der Waals surface area contributed by atoms with Crippen LogP contribution in [0.5, 0.6) is 0 Å². The zero-order chi connectivity index (χ0) is 10.1. The Morgan fingerprint density at radius 3 is 2.00 bits per heavy atom. The van der Waals surface area contributed by atoms with Crippen molar-refractivity contribution in [2.45, 2.75) is 5.51 Å². The molecule has 0 aromatic rings. The van der Waals surface area contributed by atoms with E-state index in [-0.39, 0.29) is 13.1 Å². The van der Waals surface area contributed by atoms with Crippen LogP contribution in [0.1, 0.15) is 0 Å². The molecule has 0 amide bonds. The highest BCUT2D eigenvalue weighted by Gasteiger charge is 2.49. The topological polar surface area (TPSA) is 37.4 Å². The molecule has 0 aromatic carbocycles. The van der Waals surface area contributed by atoms with Crippen molar-refractivity contribution in [3.05, 3.63) is 0 Å². The quantitative estimate of drug-likeness (QED) is 0.677. The molecule has 1 aliphatic heterocycles. The Morgan fingerprint density at radius 1 is 1.15 bits per heavy atom. The van der Waals surface area contributed by atoms with Gasteiger partial charge < -0.3 is 0 Å². The molecule has 0 aromatic heterocycles. The van der Waals surface area contributed by atoms with Crippen LogP contribution in [-0.2, 0) is 10.0 Å². The van der Waals surface area contributed by atoms with Gasteiger partial charge in [0.05, 0.1) is 0 Å². The van der Waals surface area contributed by atoms with E-state index in [0.29, 0.717) is 15.8 Å². The first kappa shape index (κ1) is 11.1. The molecule has 78 valence electrons. The molecule has 0 radical (unpaired) electrons. The Morgan fingerprint density at radius 2 is 1.62 bits per heavy atom. The Hall–Kier alpha value is 0.0500. The Labute approximate surface area is 78.3 Å². The SMILES string of the molecule is O=S(=O)(N1CCSCC1)C(F)(F)F. The summed E-state index contributed by atoms with van der Waals surface area (Å²) < 4.78 is 58.0. The maximum Gasteiger partial charge on any atom is 0.511 e. The number of halogens is 3. The molecule has 0 spiro atoms. The second-order valence-corrected chi connectivity index (χ2v) is 5.62. The van der Waals surface area contributed by atoms with Crippen LogP contribution in [0.3, 0.4) is 0 Å². The van der Waals surface area contributed by atoms with E-state index in [1.54, 1.807) is 0 Å². The van der Waals surface area contributed by atoms with Crippen molar-refractivity contribution in [3.8, 4) is 0 Å². The van der Waals surface area contributed by atoms with Crippen molar-refractivity contribution in [3.63, 3.8) is 0 Å². The molecule has 1 aliphatic rings. The van der Waals surface area contributed by atoms with Crippen molar-refractivity contribution in [2.24, 2.45) is 0 Å². The van der Waals surface area contributed by atoms with Crippen molar-refractivity contribution >= 4 is 21.8 Å². The predicted octanol–water partition coefficient (Wildman–Crippen LogP) is 0.885. The van der Waals surface area contributed by atoms with Crippen molar-refractivity contribution in [1.82, 2.24) is 4.31 Å². The van der Waals surface area contributed by atoms with Crippen LogP contribution in [0.2, 0.25) is 0 Å². The molecule has 0 saturated carbocycles. The van der Waals surface area contributed by atoms with Gasteiger partial charge in [0.1, 0.15) is 0 Å². The van der Waals surface area contributed by atoms with Crippen LogP contribution < -0.4 is 0 Å². The lowest BCUT2D eigenvalue weighted by Gasteiger charge is -2.26. The van der Waals surface area contributed by atoms with Gasteiger partial charge in [0.2, 0.25) is 0 Å². The molecule has 1 fully saturated rings. The lowest BCUT2D eigenvalue weighted by atomic mass is 10.6. The van der Waals surface area contributed by atoms with E-state index < -0.39 is 15.5 Å². The fourth-order valence-electron chi connectivity index (χ4n) is 0.933. The lowest BCUT2D eigenvalue weighted by molar-refractivity contribution is -0.0486. The van der Waals surface area contributed by atoms with Crippen LogP contribution in [0.25, 0.3) is 0 Å². The molecule has 1 rings (SSSR count). The number of sulfonamides is 1. The molecule has 8 heteroatoms. The molecule has 1 heterocycles. The number of hydrogen-bond donors (Lipinski definition) is 0. The van der Waals surface area contributed by atoms with E-state index in [9.17, 15) is 21.6 Å². The standard InChI is InChI=1S/C5H8F3NO2S2/c6-5(7,8)13(10,11)9-1-3-12-4-2-9/h1-4H2. The van der Waals surface area contributed by atoms with Gasteiger partial charge in [0.15, 0.2) is 0 Å². The van der Waals surface area contributed by atoms with Crippen molar-refractivity contribution in [2.75, 3.05) is 24.6 Å². The number of nitrogens with zero attached hydrogens (tertiary/aromatic N) is 1. The maximum atomic E-state index is 12.0. The number of hydrogen-bond acceptors (Lipinski definition) is 3. The number of alkyl halides is 3. The monoisotopic (exact) mass is 235 g/mol. The van der Waals surface area contributed by atoms with Crippen LogP contribution in [0, 0.1) is 0 Å². The second-order valence-electron chi connectivity index (χ2n) is 2.46. The van der Waals surface area contributed by atoms with Gasteiger partial charge in [0, 0.05) is 24.6 Å². The molecular formula is C5H8F3NO2S2. The van der Waals surface area contributed by atoms with E-state index in [1.807, 2.05) is 0 Å². The van der Waals surface area contributed by atoms with Gasteiger partial charge >= 0.3 is 15.5 Å². The van der Waals surface area contributed by atoms with E-state index in [1.165, 1.54) is 11.8 Å². The van der Waals surface area contributed by atoms with Crippen molar-refractivity contribution in [1.29, 1.82) is 0 Å². The highest BCUT2D eigenvalue weighted by atomic mass is 32.2. The minimum Gasteiger partial charge on any atom is -0.203 e. The van der Waals surface area contributed by atoms with Gasteiger partial charge in [-0.15, -0.1) is 0 Å². The van der Waals surface area contributed by atoms with Crippen LogP contribution in [0.4, 0.5) is 13.2 Å². The van der Waals surface area contributed by atoms with E-state index >= 15 is 0 Å². The second kappa shape index (κ2) is 3.66. The van der Waals surface area contributed by atoms with E-state index in [0.717, 1.165) is 0 Å². The number of rotatable bonds is 1. The molecule has 0 N–H and O–H groups in total. The summed E-state index contributed by atoms with van der Waals surface area (Å²) >= 11 is 1.45. The van der Waals surface area contributed by atoms with Crippen LogP contribution in [-0.4, -0.2) is 42.8 Å². The highest BCUT2D eigenvalue weighted by Crippen LogP contribution is 2.28. The van der Waals surface area contributed by atoms with Gasteiger partial charge in [-0.05, 0) is 0 Å². The first-order chi connectivity index (χ1) is 5.86. The fraction of sp³-hybridized carbons (Fsp3) is 1.00. The van der Waals surface area contributed by atoms with Crippen molar-refractivity contribution < 1.29 is 21.6 Å². The summed E-state index contributed by atoms with van der Waals surface area (Å²) in [6.45, 7) is -0.0982. The van der Waals surface area contributed by atoms with E-state index in [2.05, 4.69) is 0 Å². The molecule has 0 atom stereocenters. The lowest BCUT2D eigenvalue weighted by Crippen LogP contribution is -2.44. The average molecular weight is 235 g/mol. The molecule has 0 aliphatic carbocycles. The summed E-state index contributed by atoms with van der Waals surface area (Å²) in [6.07, 6.45) is 0. The van der Waals surface area contributed by atoms with Gasteiger partial charge in [-0.25, -0.2) is 8.42 Å². The zero-order valence-electron chi connectivity index (χ0n) is 6.54. The van der Waals surface area contributed by atoms with Gasteiger partial charge in [-0.1, -0.05) is 0 Å². The summed E-state index contributed by atoms with van der Waals surface area (Å²) in [6, 6.07) is 0. The third-order valence-corrected chi connectivity index (χ3v) is 4.17. The molecule has 0 bridgehead atoms. The first-order valence-electron chi connectivity index (χ1n) is 3.50. The van der Waals surface area contributed by atoms with Crippen LogP contribution in [0.15, 0.2) is 0 Å². The minimum atomic E-state index is -5.16. The third-order valence-electron chi connectivity index (χ3n) is 1.60. The maximum absolute atomic E-state index is 12.0. The van der Waals surface area contributed by atoms with E-state index in [4.69, 9.17) is 0 Å². The Kier molecular flexibility index (Phi) is 3.13. The average Bonchev–Trinajstić information content (AvgIpc) is 2.04. The van der Waals surface area contributed by atoms with Crippen LogP contribution >= 0.6 is 11.8 Å². The minimum absolute atomic E-state index is 0.0491. The van der Waals surface area contributed by atoms with Gasteiger partial charge in [0.25, 0.3) is 0 Å². The third kappa shape index (κ3) is 2.29. The Bertz CT molecular complexity index is 268. The number of thioether (sulfide) groups is 1. The summed E-state index contributed by atoms with van der Waals surface area (Å²) in [7, 11) is -5.08. The summed E-state index contributed by atoms with van der Waals surface area (Å²) in [5.74, 6) is 0.852. The predicted molar refractivity (Wildman–Crippen MR) is 43.9 cm³/mol. The fourth-order valence-corrected chi connectivity index (χ4v) is 3.02. The smallest absolute Gasteiger partial charge is 0.203 e. The summed E-state index contributed by atoms with van der Waals surface area (Å²) in [4.78, 5) is 0. The summed E-state index contributed by atoms with van der Waals surface area (Å²) in [5, 5.41) is 0. The Balaban J connectivity index is 2.80. The largest absolute Gasteiger partial charge is 0.511 e. The molecule has 13 heavy (non-hydrogen) atoms. The molecule has 3 nitrogen and oxygen atoms in total. The molecule has 0 unspecified atom stereocenters.